The minimum absolute atomic E-state index is 0.0356. The molecule has 1 aliphatic heterocycles. The molecule has 1 heterocycles. The largest absolute Gasteiger partial charge is 0.394 e. The van der Waals surface area contributed by atoms with Gasteiger partial charge in [-0.15, -0.1) is 0 Å². The van der Waals surface area contributed by atoms with Crippen molar-refractivity contribution in [3.8, 4) is 0 Å². The summed E-state index contributed by atoms with van der Waals surface area (Å²) in [7, 11) is 0. The smallest absolute Gasteiger partial charge is 0.253 e. The maximum atomic E-state index is 13.2. The van der Waals surface area contributed by atoms with Crippen LogP contribution in [-0.4, -0.2) is 58.5 Å². The minimum atomic E-state index is -0.391. The fraction of sp³-hybridized carbons (Fsp3) is 0.391. The number of benzene rings is 2. The zero-order valence-corrected chi connectivity index (χ0v) is 16.8. The van der Waals surface area contributed by atoms with Crippen molar-refractivity contribution in [2.75, 3.05) is 19.7 Å². The first-order valence-corrected chi connectivity index (χ1v) is 10.0. The van der Waals surface area contributed by atoms with Crippen LogP contribution in [0.25, 0.3) is 0 Å². The molecule has 29 heavy (non-hydrogen) atoms. The van der Waals surface area contributed by atoms with Crippen molar-refractivity contribution in [2.24, 2.45) is 0 Å². The van der Waals surface area contributed by atoms with Gasteiger partial charge in [0.2, 0.25) is 5.91 Å². The number of likely N-dealkylation sites (tertiary alicyclic amines) is 1. The minimum Gasteiger partial charge on any atom is -0.394 e. The molecule has 2 aromatic rings. The highest BCUT2D eigenvalue weighted by molar-refractivity contribution is 5.94. The van der Waals surface area contributed by atoms with Crippen LogP contribution < -0.4 is 0 Å². The molecular formula is C23H27FN2O3. The maximum absolute atomic E-state index is 13.2. The second-order valence-corrected chi connectivity index (χ2v) is 7.26. The molecule has 0 radical (unpaired) electrons. The highest BCUT2D eigenvalue weighted by Gasteiger charge is 2.51. The van der Waals surface area contributed by atoms with Gasteiger partial charge in [0.25, 0.3) is 5.91 Å². The topological polar surface area (TPSA) is 60.9 Å². The lowest BCUT2D eigenvalue weighted by Gasteiger charge is -2.56. The molecule has 0 bridgehead atoms. The summed E-state index contributed by atoms with van der Waals surface area (Å²) in [4.78, 5) is 28.9. The second kappa shape index (κ2) is 9.18. The molecule has 0 aromatic heterocycles. The first kappa shape index (κ1) is 21.0. The van der Waals surface area contributed by atoms with Gasteiger partial charge in [-0.1, -0.05) is 37.3 Å². The van der Waals surface area contributed by atoms with Crippen molar-refractivity contribution >= 4 is 11.8 Å². The number of aliphatic hydroxyl groups is 1. The van der Waals surface area contributed by atoms with E-state index in [2.05, 4.69) is 0 Å². The van der Waals surface area contributed by atoms with E-state index in [9.17, 15) is 19.1 Å². The lowest BCUT2D eigenvalue weighted by Crippen LogP contribution is -2.68. The first-order chi connectivity index (χ1) is 14.0. The van der Waals surface area contributed by atoms with Crippen molar-refractivity contribution in [2.45, 2.75) is 38.3 Å². The van der Waals surface area contributed by atoms with Gasteiger partial charge in [0.05, 0.1) is 18.7 Å². The fourth-order valence-electron chi connectivity index (χ4n) is 4.18. The van der Waals surface area contributed by atoms with E-state index in [0.717, 1.165) is 5.56 Å². The number of likely N-dealkylation sites (N-methyl/N-ethyl adjacent to an activating group) is 1. The van der Waals surface area contributed by atoms with Crippen molar-refractivity contribution in [3.05, 3.63) is 71.5 Å². The number of carbonyl (C=O) groups is 2. The third-order valence-corrected chi connectivity index (χ3v) is 5.67. The standard InChI is InChI=1S/C23H27FN2O3/c1-3-21(28)26-19(22(20(26)15-27)16-8-6-5-7-9-16)14-25(4-2)23(29)17-10-12-18(24)13-11-17/h5-13,19-20,22,27H,3-4,14-15H2,1-2H3/t19-,20+,22-/m1/s1. The number of halogens is 1. The molecule has 6 heteroatoms. The van der Waals surface area contributed by atoms with Crippen molar-refractivity contribution < 1.29 is 19.1 Å². The first-order valence-electron chi connectivity index (χ1n) is 10.0. The number of nitrogens with zero attached hydrogens (tertiary/aromatic N) is 2. The second-order valence-electron chi connectivity index (χ2n) is 7.26. The molecule has 0 aliphatic carbocycles. The van der Waals surface area contributed by atoms with Gasteiger partial charge < -0.3 is 14.9 Å². The van der Waals surface area contributed by atoms with E-state index >= 15 is 0 Å². The predicted octanol–water partition coefficient (Wildman–Crippen LogP) is 3.05. The van der Waals surface area contributed by atoms with E-state index in [1.165, 1.54) is 24.3 Å². The molecule has 0 unspecified atom stereocenters. The van der Waals surface area contributed by atoms with Crippen LogP contribution in [0.4, 0.5) is 4.39 Å². The molecular weight excluding hydrogens is 371 g/mol. The van der Waals surface area contributed by atoms with E-state index < -0.39 is 5.82 Å². The Morgan fingerprint density at radius 3 is 2.24 bits per heavy atom. The number of hydrogen-bond donors (Lipinski definition) is 1. The van der Waals surface area contributed by atoms with E-state index in [0.29, 0.717) is 25.1 Å². The summed E-state index contributed by atoms with van der Waals surface area (Å²) in [6, 6.07) is 14.8. The Labute approximate surface area is 170 Å². The predicted molar refractivity (Wildman–Crippen MR) is 109 cm³/mol. The van der Waals surface area contributed by atoms with Crippen LogP contribution in [0.2, 0.25) is 0 Å². The molecule has 154 valence electrons. The average molecular weight is 398 g/mol. The zero-order chi connectivity index (χ0) is 21.0. The highest BCUT2D eigenvalue weighted by atomic mass is 19.1. The van der Waals surface area contributed by atoms with Crippen LogP contribution in [0.5, 0.6) is 0 Å². The van der Waals surface area contributed by atoms with Crippen LogP contribution in [0, 0.1) is 5.82 Å². The van der Waals surface area contributed by atoms with Gasteiger partial charge in [-0.2, -0.15) is 0 Å². The molecule has 5 nitrogen and oxygen atoms in total. The van der Waals surface area contributed by atoms with Gasteiger partial charge in [-0.3, -0.25) is 9.59 Å². The summed E-state index contributed by atoms with van der Waals surface area (Å²) in [5.74, 6) is -0.674. The fourth-order valence-corrected chi connectivity index (χ4v) is 4.18. The van der Waals surface area contributed by atoms with Gasteiger partial charge in [-0.05, 0) is 36.8 Å². The zero-order valence-electron chi connectivity index (χ0n) is 16.8. The van der Waals surface area contributed by atoms with Crippen molar-refractivity contribution in [3.63, 3.8) is 0 Å². The number of aliphatic hydroxyl groups excluding tert-OH is 1. The van der Waals surface area contributed by atoms with Gasteiger partial charge in [-0.25, -0.2) is 4.39 Å². The summed E-state index contributed by atoms with van der Waals surface area (Å²) >= 11 is 0. The van der Waals surface area contributed by atoms with E-state index in [1.54, 1.807) is 16.7 Å². The average Bonchev–Trinajstić information content (AvgIpc) is 2.74. The Morgan fingerprint density at radius 1 is 1.03 bits per heavy atom. The van der Waals surface area contributed by atoms with Crippen molar-refractivity contribution in [1.29, 1.82) is 0 Å². The Balaban J connectivity index is 1.87. The highest BCUT2D eigenvalue weighted by Crippen LogP contribution is 2.41. The third-order valence-electron chi connectivity index (χ3n) is 5.67. The summed E-state index contributed by atoms with van der Waals surface area (Å²) in [6.07, 6.45) is 0.340. The molecule has 1 fully saturated rings. The van der Waals surface area contributed by atoms with Gasteiger partial charge >= 0.3 is 0 Å². The quantitative estimate of drug-likeness (QED) is 0.780. The molecule has 2 aromatic carbocycles. The molecule has 3 atom stereocenters. The van der Waals surface area contributed by atoms with Gasteiger partial charge in [0.1, 0.15) is 5.82 Å². The molecule has 1 aliphatic rings. The van der Waals surface area contributed by atoms with E-state index in [4.69, 9.17) is 0 Å². The third kappa shape index (κ3) is 4.17. The summed E-state index contributed by atoms with van der Waals surface area (Å²) in [5, 5.41) is 9.94. The van der Waals surface area contributed by atoms with Crippen LogP contribution in [0.1, 0.15) is 42.1 Å². The Hall–Kier alpha value is -2.73. The molecule has 3 rings (SSSR count). The van der Waals surface area contributed by atoms with Crippen molar-refractivity contribution in [1.82, 2.24) is 9.80 Å². The molecule has 1 N–H and O–H groups in total. The number of hydrogen-bond acceptors (Lipinski definition) is 3. The molecule has 2 amide bonds. The van der Waals surface area contributed by atoms with Crippen LogP contribution in [-0.2, 0) is 4.79 Å². The van der Waals surface area contributed by atoms with Crippen LogP contribution in [0.3, 0.4) is 0 Å². The summed E-state index contributed by atoms with van der Waals surface area (Å²) < 4.78 is 13.2. The Kier molecular flexibility index (Phi) is 6.64. The van der Waals surface area contributed by atoms with E-state index in [1.807, 2.05) is 37.3 Å². The van der Waals surface area contributed by atoms with E-state index in [-0.39, 0.29) is 36.4 Å². The number of amides is 2. The number of carbonyl (C=O) groups excluding carboxylic acids is 2. The summed E-state index contributed by atoms with van der Waals surface area (Å²) in [5.41, 5.74) is 1.46. The molecule has 1 saturated heterocycles. The Bertz CT molecular complexity index is 841. The normalized spacial score (nSPS) is 20.8. The van der Waals surface area contributed by atoms with Gasteiger partial charge in [0.15, 0.2) is 0 Å². The SMILES string of the molecule is CCC(=O)N1[C@H](CN(CC)C(=O)c2ccc(F)cc2)[C@@H](c2ccccc2)[C@@H]1CO. The molecule has 0 saturated carbocycles. The van der Waals surface area contributed by atoms with Crippen LogP contribution >= 0.6 is 0 Å². The summed E-state index contributed by atoms with van der Waals surface area (Å²) in [6.45, 7) is 4.37. The Morgan fingerprint density at radius 2 is 1.69 bits per heavy atom. The lowest BCUT2D eigenvalue weighted by atomic mass is 9.74. The monoisotopic (exact) mass is 398 g/mol. The molecule has 0 spiro atoms. The van der Waals surface area contributed by atoms with Crippen LogP contribution in [0.15, 0.2) is 54.6 Å². The number of rotatable bonds is 7. The lowest BCUT2D eigenvalue weighted by molar-refractivity contribution is -0.151. The maximum Gasteiger partial charge on any atom is 0.253 e. The van der Waals surface area contributed by atoms with Gasteiger partial charge in [0, 0.05) is 31.0 Å².